The molecule has 0 aliphatic carbocycles. The molecule has 0 unspecified atom stereocenters. The first-order valence-electron chi connectivity index (χ1n) is 5.15. The van der Waals surface area contributed by atoms with Gasteiger partial charge in [-0.15, -0.1) is 11.6 Å². The lowest BCUT2D eigenvalue weighted by atomic mass is 10.3. The van der Waals surface area contributed by atoms with Gasteiger partial charge in [-0.05, 0) is 25.0 Å². The number of nitrogens with zero attached hydrogens (tertiary/aromatic N) is 1. The third-order valence-corrected chi connectivity index (χ3v) is 4.44. The number of hydrogen-bond acceptors (Lipinski definition) is 2. The third kappa shape index (κ3) is 3.68. The minimum atomic E-state index is -3.21. The molecule has 90 valence electrons. The summed E-state index contributed by atoms with van der Waals surface area (Å²) in [5.74, 6) is 0.648. The molecule has 0 heterocycles. The van der Waals surface area contributed by atoms with Crippen LogP contribution in [-0.4, -0.2) is 27.1 Å². The highest BCUT2D eigenvalue weighted by Crippen LogP contribution is 2.16. The van der Waals surface area contributed by atoms with Crippen LogP contribution in [0.5, 0.6) is 0 Å². The maximum absolute atomic E-state index is 11.9. The van der Waals surface area contributed by atoms with Gasteiger partial charge < -0.3 is 0 Å². The minimum absolute atomic E-state index is 0.144. The number of benzene rings is 1. The Hall–Kier alpha value is -0.740. The van der Waals surface area contributed by atoms with E-state index in [0.29, 0.717) is 18.0 Å². The van der Waals surface area contributed by atoms with E-state index in [2.05, 4.69) is 0 Å². The smallest absolute Gasteiger partial charge is 0.234 e. The van der Waals surface area contributed by atoms with Crippen molar-refractivity contribution in [3.8, 4) is 0 Å². The van der Waals surface area contributed by atoms with Crippen LogP contribution >= 0.6 is 11.6 Å². The van der Waals surface area contributed by atoms with Crippen LogP contribution in [0.25, 0.3) is 0 Å². The van der Waals surface area contributed by atoms with E-state index in [9.17, 15) is 8.42 Å². The standard InChI is InChI=1S/C11H16ClNO2S/c1-13(11-7-3-2-4-8-11)16(14,15)10-6-5-9-12/h2-4,7-8H,5-6,9-10H2,1H3. The quantitative estimate of drug-likeness (QED) is 0.583. The Bertz CT molecular complexity index is 405. The summed E-state index contributed by atoms with van der Waals surface area (Å²) in [4.78, 5) is 0. The van der Waals surface area contributed by atoms with Crippen molar-refractivity contribution >= 4 is 27.3 Å². The van der Waals surface area contributed by atoms with Gasteiger partial charge in [0.1, 0.15) is 0 Å². The van der Waals surface area contributed by atoms with Crippen LogP contribution < -0.4 is 4.31 Å². The number of unbranched alkanes of at least 4 members (excludes halogenated alkanes) is 1. The molecule has 16 heavy (non-hydrogen) atoms. The number of sulfonamides is 1. The van der Waals surface area contributed by atoms with Gasteiger partial charge in [0.25, 0.3) is 0 Å². The van der Waals surface area contributed by atoms with Crippen molar-refractivity contribution in [2.24, 2.45) is 0 Å². The summed E-state index contributed by atoms with van der Waals surface area (Å²) in [5, 5.41) is 0. The number of para-hydroxylation sites is 1. The highest BCUT2D eigenvalue weighted by atomic mass is 35.5. The first-order valence-corrected chi connectivity index (χ1v) is 7.30. The molecule has 0 fully saturated rings. The predicted molar refractivity (Wildman–Crippen MR) is 68.6 cm³/mol. The number of rotatable bonds is 6. The lowest BCUT2D eigenvalue weighted by Gasteiger charge is -2.19. The Morgan fingerprint density at radius 3 is 2.38 bits per heavy atom. The number of halogens is 1. The summed E-state index contributed by atoms with van der Waals surface area (Å²) in [6, 6.07) is 9.05. The van der Waals surface area contributed by atoms with Crippen molar-refractivity contribution in [2.45, 2.75) is 12.8 Å². The number of hydrogen-bond donors (Lipinski definition) is 0. The van der Waals surface area contributed by atoms with E-state index in [1.165, 1.54) is 4.31 Å². The summed E-state index contributed by atoms with van der Waals surface area (Å²) in [6.45, 7) is 0. The Morgan fingerprint density at radius 2 is 1.81 bits per heavy atom. The van der Waals surface area contributed by atoms with Crippen LogP contribution in [0.2, 0.25) is 0 Å². The zero-order chi connectivity index (χ0) is 12.0. The summed E-state index contributed by atoms with van der Waals surface area (Å²) in [6.07, 6.45) is 1.33. The van der Waals surface area contributed by atoms with Gasteiger partial charge in [0.15, 0.2) is 0 Å². The second kappa shape index (κ2) is 6.11. The lowest BCUT2D eigenvalue weighted by Crippen LogP contribution is -2.28. The molecule has 0 spiro atoms. The fourth-order valence-electron chi connectivity index (χ4n) is 1.31. The van der Waals surface area contributed by atoms with Crippen molar-refractivity contribution < 1.29 is 8.42 Å². The molecule has 1 aromatic carbocycles. The van der Waals surface area contributed by atoms with Crippen molar-refractivity contribution in [1.82, 2.24) is 0 Å². The second-order valence-corrected chi connectivity index (χ2v) is 6.01. The summed E-state index contributed by atoms with van der Waals surface area (Å²) >= 11 is 5.52. The highest BCUT2D eigenvalue weighted by molar-refractivity contribution is 7.92. The van der Waals surface area contributed by atoms with Gasteiger partial charge >= 0.3 is 0 Å². The molecule has 0 bridgehead atoms. The van der Waals surface area contributed by atoms with Crippen LogP contribution in [0.4, 0.5) is 5.69 Å². The maximum Gasteiger partial charge on any atom is 0.234 e. The average molecular weight is 262 g/mol. The zero-order valence-electron chi connectivity index (χ0n) is 9.27. The van der Waals surface area contributed by atoms with Crippen molar-refractivity contribution in [3.63, 3.8) is 0 Å². The topological polar surface area (TPSA) is 37.4 Å². The van der Waals surface area contributed by atoms with Crippen LogP contribution in [0, 0.1) is 0 Å². The molecule has 0 saturated heterocycles. The van der Waals surface area contributed by atoms with E-state index in [4.69, 9.17) is 11.6 Å². The van der Waals surface area contributed by atoms with Crippen LogP contribution in [0.1, 0.15) is 12.8 Å². The van der Waals surface area contributed by atoms with Gasteiger partial charge in [-0.25, -0.2) is 8.42 Å². The molecular weight excluding hydrogens is 246 g/mol. The SMILES string of the molecule is CN(c1ccccc1)S(=O)(=O)CCCCCl. The molecule has 5 heteroatoms. The number of anilines is 1. The molecule has 0 atom stereocenters. The Balaban J connectivity index is 2.69. The molecule has 1 rings (SSSR count). The molecule has 0 aliphatic heterocycles. The first kappa shape index (κ1) is 13.3. The molecular formula is C11H16ClNO2S. The molecule has 0 amide bonds. The fraction of sp³-hybridized carbons (Fsp3) is 0.455. The first-order chi connectivity index (χ1) is 7.58. The molecule has 3 nitrogen and oxygen atoms in total. The van der Waals surface area contributed by atoms with Crippen LogP contribution in [-0.2, 0) is 10.0 Å². The lowest BCUT2D eigenvalue weighted by molar-refractivity contribution is 0.591. The van der Waals surface area contributed by atoms with Crippen LogP contribution in [0.3, 0.4) is 0 Å². The van der Waals surface area contributed by atoms with E-state index in [1.807, 2.05) is 18.2 Å². The summed E-state index contributed by atoms with van der Waals surface area (Å²) < 4.78 is 25.1. The Kier molecular flexibility index (Phi) is 5.09. The molecule has 0 radical (unpaired) electrons. The van der Waals surface area contributed by atoms with Crippen molar-refractivity contribution in [2.75, 3.05) is 23.0 Å². The normalized spacial score (nSPS) is 11.4. The van der Waals surface area contributed by atoms with Gasteiger partial charge in [-0.2, -0.15) is 0 Å². The average Bonchev–Trinajstić information content (AvgIpc) is 2.29. The fourth-order valence-corrected chi connectivity index (χ4v) is 2.79. The predicted octanol–water partition coefficient (Wildman–Crippen LogP) is 2.47. The van der Waals surface area contributed by atoms with Crippen molar-refractivity contribution in [1.29, 1.82) is 0 Å². The summed E-state index contributed by atoms with van der Waals surface area (Å²) in [7, 11) is -1.64. The van der Waals surface area contributed by atoms with Gasteiger partial charge in [0.2, 0.25) is 10.0 Å². The second-order valence-electron chi connectivity index (χ2n) is 3.52. The maximum atomic E-state index is 11.9. The molecule has 0 aliphatic rings. The van der Waals surface area contributed by atoms with Gasteiger partial charge in [0.05, 0.1) is 11.4 Å². The molecule has 0 saturated carbocycles. The van der Waals surface area contributed by atoms with E-state index in [1.54, 1.807) is 19.2 Å². The monoisotopic (exact) mass is 261 g/mol. The minimum Gasteiger partial charge on any atom is -0.273 e. The molecule has 1 aromatic rings. The number of alkyl halides is 1. The molecule has 0 N–H and O–H groups in total. The zero-order valence-corrected chi connectivity index (χ0v) is 10.8. The Labute approximate surface area is 102 Å². The largest absolute Gasteiger partial charge is 0.273 e. The van der Waals surface area contributed by atoms with E-state index in [0.717, 1.165) is 6.42 Å². The highest BCUT2D eigenvalue weighted by Gasteiger charge is 2.17. The Morgan fingerprint density at radius 1 is 1.19 bits per heavy atom. The summed E-state index contributed by atoms with van der Waals surface area (Å²) in [5.41, 5.74) is 0.688. The van der Waals surface area contributed by atoms with Gasteiger partial charge in [0, 0.05) is 12.9 Å². The van der Waals surface area contributed by atoms with Crippen molar-refractivity contribution in [3.05, 3.63) is 30.3 Å². The van der Waals surface area contributed by atoms with Crippen LogP contribution in [0.15, 0.2) is 30.3 Å². The van der Waals surface area contributed by atoms with Gasteiger partial charge in [-0.1, -0.05) is 18.2 Å². The van der Waals surface area contributed by atoms with Gasteiger partial charge in [-0.3, -0.25) is 4.31 Å². The van der Waals surface area contributed by atoms with E-state index >= 15 is 0 Å². The van der Waals surface area contributed by atoms with E-state index < -0.39 is 10.0 Å². The molecule has 0 aromatic heterocycles. The third-order valence-electron chi connectivity index (χ3n) is 2.32. The van der Waals surface area contributed by atoms with E-state index in [-0.39, 0.29) is 5.75 Å².